The molecular formula is C21H32O16. The highest BCUT2D eigenvalue weighted by atomic mass is 16.8. The Morgan fingerprint density at radius 1 is 0.568 bits per heavy atom. The SMILES string of the molecule is CC(O)C(=O)OC[C@H]1OC(OC(=O)C(C)O)C(OC(=O)C(C)O)C(OC(=O)C(C)O)C1OC(=O)C(C)O. The first kappa shape index (κ1) is 32.1. The Bertz CT molecular complexity index is 819. The van der Waals surface area contributed by atoms with E-state index < -0.39 is 97.7 Å². The summed E-state index contributed by atoms with van der Waals surface area (Å²) in [6.45, 7) is 4.36. The van der Waals surface area contributed by atoms with Crippen LogP contribution in [0.1, 0.15) is 34.6 Å². The highest BCUT2D eigenvalue weighted by Crippen LogP contribution is 2.31. The second-order valence-corrected chi connectivity index (χ2v) is 8.19. The van der Waals surface area contributed by atoms with Crippen LogP contribution in [0.4, 0.5) is 0 Å². The highest BCUT2D eigenvalue weighted by molar-refractivity contribution is 5.77. The molecule has 0 amide bonds. The predicted molar refractivity (Wildman–Crippen MR) is 114 cm³/mol. The first-order valence-electron chi connectivity index (χ1n) is 11.1. The maximum Gasteiger partial charge on any atom is 0.337 e. The molecule has 1 aliphatic rings. The normalized spacial score (nSPS) is 27.5. The number of rotatable bonds is 11. The van der Waals surface area contributed by atoms with Crippen molar-refractivity contribution in [3.63, 3.8) is 0 Å². The summed E-state index contributed by atoms with van der Waals surface area (Å²) in [7, 11) is 0. The number of hydrogen-bond donors (Lipinski definition) is 5. The molecule has 1 heterocycles. The lowest BCUT2D eigenvalue weighted by molar-refractivity contribution is -0.305. The fourth-order valence-electron chi connectivity index (χ4n) is 2.70. The zero-order chi connectivity index (χ0) is 28.6. The molecule has 16 nitrogen and oxygen atoms in total. The molecule has 1 saturated heterocycles. The molecule has 0 aromatic heterocycles. The van der Waals surface area contributed by atoms with E-state index in [0.717, 1.165) is 34.6 Å². The number of esters is 5. The Kier molecular flexibility index (Phi) is 12.3. The van der Waals surface area contributed by atoms with E-state index in [4.69, 9.17) is 28.4 Å². The van der Waals surface area contributed by atoms with Crippen molar-refractivity contribution in [3.05, 3.63) is 0 Å². The Hall–Kier alpha value is -2.89. The quantitative estimate of drug-likeness (QED) is 0.126. The number of carbonyl (C=O) groups excluding carboxylic acids is 5. The van der Waals surface area contributed by atoms with Gasteiger partial charge in [-0.1, -0.05) is 0 Å². The standard InChI is InChI=1S/C21H32O16/c1-7(22)16(27)32-6-12-13(34-17(28)8(2)23)14(35-18(29)9(3)24)15(36-19(30)10(4)25)21(33-12)37-20(31)11(5)26/h7-15,21-26H,6H2,1-5H3/t7?,8?,9?,10?,11?,12-,13?,14?,15?,21?/m1/s1. The molecule has 1 aliphatic heterocycles. The molecule has 5 N–H and O–H groups in total. The van der Waals surface area contributed by atoms with Gasteiger partial charge in [-0.2, -0.15) is 0 Å². The molecule has 0 saturated carbocycles. The average molecular weight is 540 g/mol. The molecule has 0 aliphatic carbocycles. The molecule has 0 spiro atoms. The van der Waals surface area contributed by atoms with Crippen molar-refractivity contribution in [1.82, 2.24) is 0 Å². The van der Waals surface area contributed by atoms with Crippen LogP contribution in [0.25, 0.3) is 0 Å². The molecule has 212 valence electrons. The van der Waals surface area contributed by atoms with Gasteiger partial charge in [0.25, 0.3) is 0 Å². The van der Waals surface area contributed by atoms with Crippen molar-refractivity contribution < 1.29 is 77.9 Å². The molecule has 1 fully saturated rings. The third kappa shape index (κ3) is 9.49. The molecular weight excluding hydrogens is 508 g/mol. The van der Waals surface area contributed by atoms with E-state index in [1.165, 1.54) is 0 Å². The number of carbonyl (C=O) groups is 5. The van der Waals surface area contributed by atoms with E-state index in [2.05, 4.69) is 0 Å². The summed E-state index contributed by atoms with van der Waals surface area (Å²) in [6, 6.07) is 0. The fraction of sp³-hybridized carbons (Fsp3) is 0.762. The van der Waals surface area contributed by atoms with E-state index in [1.807, 2.05) is 0 Å². The zero-order valence-corrected chi connectivity index (χ0v) is 20.7. The number of aliphatic hydroxyl groups excluding tert-OH is 5. The predicted octanol–water partition coefficient (Wildman–Crippen LogP) is -3.56. The lowest BCUT2D eigenvalue weighted by atomic mass is 9.97. The van der Waals surface area contributed by atoms with Crippen LogP contribution >= 0.6 is 0 Å². The van der Waals surface area contributed by atoms with Crippen molar-refractivity contribution in [2.45, 2.75) is 95.8 Å². The van der Waals surface area contributed by atoms with Gasteiger partial charge in [-0.15, -0.1) is 0 Å². The van der Waals surface area contributed by atoms with Crippen LogP contribution < -0.4 is 0 Å². The summed E-state index contributed by atoms with van der Waals surface area (Å²) in [6.07, 6.45) is -17.9. The van der Waals surface area contributed by atoms with Gasteiger partial charge in [-0.3, -0.25) is 0 Å². The van der Waals surface area contributed by atoms with Gasteiger partial charge in [0, 0.05) is 0 Å². The summed E-state index contributed by atoms with van der Waals surface area (Å²) in [5.41, 5.74) is 0. The number of aliphatic hydroxyl groups is 5. The van der Waals surface area contributed by atoms with Crippen LogP contribution in [-0.2, 0) is 52.4 Å². The molecule has 9 unspecified atom stereocenters. The minimum Gasteiger partial charge on any atom is -0.461 e. The minimum atomic E-state index is -2.01. The van der Waals surface area contributed by atoms with Crippen LogP contribution in [0.2, 0.25) is 0 Å². The molecule has 0 bridgehead atoms. The first-order chi connectivity index (χ1) is 17.1. The maximum absolute atomic E-state index is 12.3. The van der Waals surface area contributed by atoms with Crippen molar-refractivity contribution >= 4 is 29.8 Å². The van der Waals surface area contributed by atoms with E-state index in [9.17, 15) is 49.5 Å². The Morgan fingerprint density at radius 2 is 0.919 bits per heavy atom. The Balaban J connectivity index is 3.59. The van der Waals surface area contributed by atoms with E-state index in [-0.39, 0.29) is 0 Å². The lowest BCUT2D eigenvalue weighted by Gasteiger charge is -2.44. The molecule has 37 heavy (non-hydrogen) atoms. The monoisotopic (exact) mass is 540 g/mol. The lowest BCUT2D eigenvalue weighted by Crippen LogP contribution is -2.64. The van der Waals surface area contributed by atoms with Gasteiger partial charge in [-0.25, -0.2) is 24.0 Å². The van der Waals surface area contributed by atoms with E-state index >= 15 is 0 Å². The summed E-state index contributed by atoms with van der Waals surface area (Å²) < 4.78 is 30.8. The maximum atomic E-state index is 12.3. The van der Waals surface area contributed by atoms with Crippen LogP contribution in [0.3, 0.4) is 0 Å². The van der Waals surface area contributed by atoms with Gasteiger partial charge < -0.3 is 54.0 Å². The largest absolute Gasteiger partial charge is 0.461 e. The number of ether oxygens (including phenoxy) is 6. The summed E-state index contributed by atoms with van der Waals surface area (Å²) >= 11 is 0. The van der Waals surface area contributed by atoms with Crippen LogP contribution in [0.5, 0.6) is 0 Å². The smallest absolute Gasteiger partial charge is 0.337 e. The van der Waals surface area contributed by atoms with E-state index in [1.54, 1.807) is 0 Å². The van der Waals surface area contributed by atoms with Gasteiger partial charge >= 0.3 is 29.8 Å². The molecule has 10 atom stereocenters. The second-order valence-electron chi connectivity index (χ2n) is 8.19. The van der Waals surface area contributed by atoms with Gasteiger partial charge in [-0.05, 0) is 34.6 Å². The van der Waals surface area contributed by atoms with Crippen LogP contribution in [0.15, 0.2) is 0 Å². The third-order valence-corrected chi connectivity index (χ3v) is 4.68. The summed E-state index contributed by atoms with van der Waals surface area (Å²) in [5, 5.41) is 47.7. The Labute approximate surface area is 210 Å². The Morgan fingerprint density at radius 3 is 1.32 bits per heavy atom. The molecule has 0 aromatic carbocycles. The number of hydrogen-bond acceptors (Lipinski definition) is 16. The van der Waals surface area contributed by atoms with Crippen molar-refractivity contribution in [1.29, 1.82) is 0 Å². The van der Waals surface area contributed by atoms with Crippen molar-refractivity contribution in [2.24, 2.45) is 0 Å². The minimum absolute atomic E-state index is 0.815. The molecule has 0 radical (unpaired) electrons. The third-order valence-electron chi connectivity index (χ3n) is 4.68. The van der Waals surface area contributed by atoms with Crippen molar-refractivity contribution in [3.8, 4) is 0 Å². The highest BCUT2D eigenvalue weighted by Gasteiger charge is 2.55. The topological polar surface area (TPSA) is 242 Å². The van der Waals surface area contributed by atoms with Gasteiger partial charge in [0.05, 0.1) is 0 Å². The fourth-order valence-corrected chi connectivity index (χ4v) is 2.70. The molecule has 1 rings (SSSR count). The van der Waals surface area contributed by atoms with Gasteiger partial charge in [0.2, 0.25) is 12.4 Å². The van der Waals surface area contributed by atoms with Crippen LogP contribution in [-0.4, -0.2) is 123 Å². The summed E-state index contributed by atoms with van der Waals surface area (Å²) in [4.78, 5) is 60.6. The molecule has 16 heteroatoms. The van der Waals surface area contributed by atoms with Crippen molar-refractivity contribution in [2.75, 3.05) is 6.61 Å². The van der Waals surface area contributed by atoms with Gasteiger partial charge in [0.1, 0.15) is 43.2 Å². The van der Waals surface area contributed by atoms with E-state index in [0.29, 0.717) is 0 Å². The molecule has 0 aromatic rings. The average Bonchev–Trinajstić information content (AvgIpc) is 2.80. The zero-order valence-electron chi connectivity index (χ0n) is 20.7. The summed E-state index contributed by atoms with van der Waals surface area (Å²) in [5.74, 6) is -6.41. The second kappa shape index (κ2) is 14.2. The van der Waals surface area contributed by atoms with Crippen LogP contribution in [0, 0.1) is 0 Å². The first-order valence-corrected chi connectivity index (χ1v) is 11.1. The van der Waals surface area contributed by atoms with Gasteiger partial charge in [0.15, 0.2) is 12.2 Å².